The average molecular weight is 271 g/mol. The number of hydrogen-bond donors (Lipinski definition) is 0. The largest absolute Gasteiger partial charge is 0.350 e. The molecule has 0 fully saturated rings. The molecule has 0 aliphatic heterocycles. The van der Waals surface area contributed by atoms with Gasteiger partial charge in [-0.2, -0.15) is 5.10 Å². The van der Waals surface area contributed by atoms with Crippen LogP contribution in [0.2, 0.25) is 0 Å². The van der Waals surface area contributed by atoms with Crippen LogP contribution in [0.4, 0.5) is 0 Å². The number of rotatable bonds is 5. The third-order valence-electron chi connectivity index (χ3n) is 3.24. The summed E-state index contributed by atoms with van der Waals surface area (Å²) in [5, 5.41) is 4.14. The summed E-state index contributed by atoms with van der Waals surface area (Å²) >= 11 is 0. The molecule has 0 saturated heterocycles. The normalized spacial score (nSPS) is 12.7. The number of carbonyl (C=O) groups excluding carboxylic acids is 1. The molecule has 2 aromatic rings. The van der Waals surface area contributed by atoms with E-state index >= 15 is 0 Å². The van der Waals surface area contributed by atoms with Crippen molar-refractivity contribution >= 4 is 12.4 Å². The van der Waals surface area contributed by atoms with Crippen LogP contribution in [0, 0.1) is 0 Å². The first kappa shape index (κ1) is 14.0. The monoisotopic (exact) mass is 271 g/mol. The van der Waals surface area contributed by atoms with Gasteiger partial charge in [0.05, 0.1) is 11.7 Å². The van der Waals surface area contributed by atoms with Crippen molar-refractivity contribution in [2.75, 3.05) is 0 Å². The number of benzene rings is 1. The fraction of sp³-hybridized carbons (Fsp3) is 0.267. The topological polar surface area (TPSA) is 56.9 Å². The van der Waals surface area contributed by atoms with Crippen LogP contribution >= 0.6 is 0 Å². The summed E-state index contributed by atoms with van der Waals surface area (Å²) in [7, 11) is 0. The van der Waals surface area contributed by atoms with E-state index in [2.05, 4.69) is 5.10 Å². The van der Waals surface area contributed by atoms with Crippen LogP contribution in [0.1, 0.15) is 31.9 Å². The SMILES string of the molecule is CCC(C)n1ncn(-c2ccc(/C=C/C=O)cc2)c1=O. The summed E-state index contributed by atoms with van der Waals surface area (Å²) in [5.74, 6) is 0. The van der Waals surface area contributed by atoms with Gasteiger partial charge < -0.3 is 0 Å². The zero-order chi connectivity index (χ0) is 14.5. The fourth-order valence-electron chi connectivity index (χ4n) is 1.87. The number of aldehydes is 1. The number of carbonyl (C=O) groups is 1. The van der Waals surface area contributed by atoms with Crippen molar-refractivity contribution in [2.45, 2.75) is 26.3 Å². The molecule has 0 radical (unpaired) electrons. The fourth-order valence-corrected chi connectivity index (χ4v) is 1.87. The van der Waals surface area contributed by atoms with Gasteiger partial charge in [-0.15, -0.1) is 0 Å². The highest BCUT2D eigenvalue weighted by Gasteiger charge is 2.10. The van der Waals surface area contributed by atoms with E-state index in [1.54, 1.807) is 6.08 Å². The molecule has 1 atom stereocenters. The van der Waals surface area contributed by atoms with Crippen LogP contribution in [-0.2, 0) is 4.79 Å². The highest BCUT2D eigenvalue weighted by atomic mass is 16.2. The lowest BCUT2D eigenvalue weighted by Gasteiger charge is -2.06. The molecular formula is C15H17N3O2. The Morgan fingerprint density at radius 1 is 1.30 bits per heavy atom. The van der Waals surface area contributed by atoms with Crippen molar-refractivity contribution in [3.63, 3.8) is 0 Å². The molecule has 0 N–H and O–H groups in total. The van der Waals surface area contributed by atoms with Gasteiger partial charge in [-0.3, -0.25) is 4.79 Å². The zero-order valence-electron chi connectivity index (χ0n) is 11.6. The lowest BCUT2D eigenvalue weighted by atomic mass is 10.2. The number of hydrogen-bond acceptors (Lipinski definition) is 3. The minimum Gasteiger partial charge on any atom is -0.299 e. The molecule has 5 heteroatoms. The Balaban J connectivity index is 2.33. The predicted molar refractivity (Wildman–Crippen MR) is 77.9 cm³/mol. The Morgan fingerprint density at radius 3 is 2.60 bits per heavy atom. The Morgan fingerprint density at radius 2 is 2.00 bits per heavy atom. The van der Waals surface area contributed by atoms with Crippen molar-refractivity contribution in [2.24, 2.45) is 0 Å². The maximum Gasteiger partial charge on any atom is 0.350 e. The molecule has 1 unspecified atom stereocenters. The third-order valence-corrected chi connectivity index (χ3v) is 3.24. The van der Waals surface area contributed by atoms with Gasteiger partial charge in [0.1, 0.15) is 12.6 Å². The molecule has 104 valence electrons. The molecule has 2 rings (SSSR count). The van der Waals surface area contributed by atoms with Crippen LogP contribution < -0.4 is 5.69 Å². The van der Waals surface area contributed by atoms with E-state index in [1.165, 1.54) is 21.7 Å². The Labute approximate surface area is 117 Å². The Kier molecular flexibility index (Phi) is 4.30. The highest BCUT2D eigenvalue weighted by molar-refractivity contribution is 5.73. The van der Waals surface area contributed by atoms with E-state index in [0.29, 0.717) is 0 Å². The summed E-state index contributed by atoms with van der Waals surface area (Å²) in [5.41, 5.74) is 1.52. The van der Waals surface area contributed by atoms with Gasteiger partial charge >= 0.3 is 5.69 Å². The summed E-state index contributed by atoms with van der Waals surface area (Å²) < 4.78 is 3.00. The van der Waals surface area contributed by atoms with Gasteiger partial charge in [0.15, 0.2) is 0 Å². The van der Waals surface area contributed by atoms with E-state index in [4.69, 9.17) is 0 Å². The van der Waals surface area contributed by atoms with E-state index in [9.17, 15) is 9.59 Å². The van der Waals surface area contributed by atoms with Crippen LogP contribution in [-0.4, -0.2) is 20.6 Å². The van der Waals surface area contributed by atoms with Crippen molar-refractivity contribution in [1.82, 2.24) is 14.3 Å². The molecule has 0 spiro atoms. The van der Waals surface area contributed by atoms with Gasteiger partial charge in [-0.05, 0) is 37.1 Å². The minimum absolute atomic E-state index is 0.0820. The molecule has 1 heterocycles. The molecule has 0 amide bonds. The first-order chi connectivity index (χ1) is 9.67. The van der Waals surface area contributed by atoms with Gasteiger partial charge in [0.25, 0.3) is 0 Å². The summed E-state index contributed by atoms with van der Waals surface area (Å²) in [6, 6.07) is 7.44. The van der Waals surface area contributed by atoms with E-state index < -0.39 is 0 Å². The second kappa shape index (κ2) is 6.14. The molecule has 5 nitrogen and oxygen atoms in total. The average Bonchev–Trinajstić information content (AvgIpc) is 2.86. The highest BCUT2D eigenvalue weighted by Crippen LogP contribution is 2.10. The molecule has 20 heavy (non-hydrogen) atoms. The van der Waals surface area contributed by atoms with Crippen molar-refractivity contribution in [3.8, 4) is 5.69 Å². The van der Waals surface area contributed by atoms with Gasteiger partial charge in [-0.1, -0.05) is 25.1 Å². The molecular weight excluding hydrogens is 254 g/mol. The quantitative estimate of drug-likeness (QED) is 0.619. The van der Waals surface area contributed by atoms with Gasteiger partial charge in [0.2, 0.25) is 0 Å². The zero-order valence-corrected chi connectivity index (χ0v) is 11.6. The molecule has 1 aromatic heterocycles. The molecule has 1 aromatic carbocycles. The van der Waals surface area contributed by atoms with Crippen LogP contribution in [0.3, 0.4) is 0 Å². The third kappa shape index (κ3) is 2.77. The second-order valence-corrected chi connectivity index (χ2v) is 4.57. The van der Waals surface area contributed by atoms with Crippen LogP contribution in [0.15, 0.2) is 41.5 Å². The first-order valence-electron chi connectivity index (χ1n) is 6.55. The van der Waals surface area contributed by atoms with Gasteiger partial charge in [0, 0.05) is 0 Å². The predicted octanol–water partition coefficient (Wildman–Crippen LogP) is 2.22. The summed E-state index contributed by atoms with van der Waals surface area (Å²) in [6.07, 6.45) is 6.26. The molecule has 0 saturated carbocycles. The summed E-state index contributed by atoms with van der Waals surface area (Å²) in [6.45, 7) is 3.98. The van der Waals surface area contributed by atoms with E-state index in [1.807, 2.05) is 38.1 Å². The number of allylic oxidation sites excluding steroid dienone is 1. The molecule has 0 aliphatic rings. The van der Waals surface area contributed by atoms with Gasteiger partial charge in [-0.25, -0.2) is 14.0 Å². The van der Waals surface area contributed by atoms with Crippen LogP contribution in [0.25, 0.3) is 11.8 Å². The molecule has 0 aliphatic carbocycles. The van der Waals surface area contributed by atoms with E-state index in [0.717, 1.165) is 24.0 Å². The second-order valence-electron chi connectivity index (χ2n) is 4.57. The number of aromatic nitrogens is 3. The lowest BCUT2D eigenvalue weighted by Crippen LogP contribution is -2.26. The van der Waals surface area contributed by atoms with Crippen molar-refractivity contribution in [1.29, 1.82) is 0 Å². The Hall–Kier alpha value is -2.43. The lowest BCUT2D eigenvalue weighted by molar-refractivity contribution is -0.104. The van der Waals surface area contributed by atoms with Crippen molar-refractivity contribution in [3.05, 3.63) is 52.7 Å². The maximum atomic E-state index is 12.2. The maximum absolute atomic E-state index is 12.2. The van der Waals surface area contributed by atoms with Crippen LogP contribution in [0.5, 0.6) is 0 Å². The van der Waals surface area contributed by atoms with E-state index in [-0.39, 0.29) is 11.7 Å². The molecule has 0 bridgehead atoms. The standard InChI is InChI=1S/C15H17N3O2/c1-3-12(2)18-15(20)17(11-16-18)14-8-6-13(7-9-14)5-4-10-19/h4-12H,3H2,1-2H3/b5-4+. The first-order valence-corrected chi connectivity index (χ1v) is 6.55. The van der Waals surface area contributed by atoms with Crippen molar-refractivity contribution < 1.29 is 4.79 Å². The minimum atomic E-state index is -0.143. The smallest absolute Gasteiger partial charge is 0.299 e. The summed E-state index contributed by atoms with van der Waals surface area (Å²) in [4.78, 5) is 22.5. The Bertz CT molecular complexity index is 665. The number of nitrogens with zero attached hydrogens (tertiary/aromatic N) is 3.